The van der Waals surface area contributed by atoms with Crippen molar-refractivity contribution in [2.75, 3.05) is 0 Å². The average molecular weight is 191 g/mol. The Morgan fingerprint density at radius 3 is 2.93 bits per heavy atom. The standard InChI is InChI=1S/C10H9NO3/c1-7(10(12)13)14-9-4-2-3-8(5-9)6-11/h2-5,7H,1H3,(H,12,13). The molecule has 0 saturated carbocycles. The molecule has 0 bridgehead atoms. The molecule has 0 fully saturated rings. The minimum Gasteiger partial charge on any atom is -0.479 e. The number of rotatable bonds is 3. The molecule has 1 unspecified atom stereocenters. The van der Waals surface area contributed by atoms with E-state index in [0.717, 1.165) is 0 Å². The summed E-state index contributed by atoms with van der Waals surface area (Å²) < 4.78 is 5.07. The van der Waals surface area contributed by atoms with Crippen LogP contribution < -0.4 is 4.74 Å². The number of aliphatic carboxylic acids is 1. The van der Waals surface area contributed by atoms with Crippen molar-refractivity contribution in [1.82, 2.24) is 0 Å². The quantitative estimate of drug-likeness (QED) is 0.784. The molecule has 0 aliphatic heterocycles. The lowest BCUT2D eigenvalue weighted by atomic mass is 10.2. The predicted octanol–water partition coefficient (Wildman–Crippen LogP) is 1.41. The summed E-state index contributed by atoms with van der Waals surface area (Å²) in [5.74, 6) is -0.647. The number of benzene rings is 1. The molecule has 72 valence electrons. The van der Waals surface area contributed by atoms with Gasteiger partial charge in [0, 0.05) is 0 Å². The van der Waals surface area contributed by atoms with E-state index in [4.69, 9.17) is 15.1 Å². The summed E-state index contributed by atoms with van der Waals surface area (Å²) >= 11 is 0. The van der Waals surface area contributed by atoms with Crippen molar-refractivity contribution >= 4 is 5.97 Å². The van der Waals surface area contributed by atoms with E-state index in [2.05, 4.69) is 0 Å². The number of carboxylic acids is 1. The van der Waals surface area contributed by atoms with Crippen molar-refractivity contribution in [3.8, 4) is 11.8 Å². The highest BCUT2D eigenvalue weighted by Gasteiger charge is 2.12. The van der Waals surface area contributed by atoms with Gasteiger partial charge in [-0.2, -0.15) is 5.26 Å². The van der Waals surface area contributed by atoms with Gasteiger partial charge in [-0.25, -0.2) is 4.79 Å². The zero-order valence-corrected chi connectivity index (χ0v) is 7.60. The Hall–Kier alpha value is -2.02. The Bertz CT molecular complexity index is 381. The molecular formula is C10H9NO3. The smallest absolute Gasteiger partial charge is 0.344 e. The molecule has 0 aliphatic rings. The van der Waals surface area contributed by atoms with Crippen LogP contribution in [0.15, 0.2) is 24.3 Å². The Kier molecular flexibility index (Phi) is 3.08. The van der Waals surface area contributed by atoms with E-state index >= 15 is 0 Å². The monoisotopic (exact) mass is 191 g/mol. The molecular weight excluding hydrogens is 182 g/mol. The van der Waals surface area contributed by atoms with E-state index in [0.29, 0.717) is 11.3 Å². The molecule has 1 aromatic rings. The van der Waals surface area contributed by atoms with Gasteiger partial charge in [0.15, 0.2) is 6.10 Å². The SMILES string of the molecule is CC(Oc1cccc(C#N)c1)C(=O)O. The highest BCUT2D eigenvalue weighted by atomic mass is 16.5. The fourth-order valence-electron chi connectivity index (χ4n) is 0.893. The second kappa shape index (κ2) is 4.28. The second-order valence-electron chi connectivity index (χ2n) is 2.74. The summed E-state index contributed by atoms with van der Waals surface area (Å²) in [4.78, 5) is 10.5. The highest BCUT2D eigenvalue weighted by Crippen LogP contribution is 2.14. The first-order valence-electron chi connectivity index (χ1n) is 4.03. The number of carboxylic acid groups (broad SMARTS) is 1. The Morgan fingerprint density at radius 1 is 1.64 bits per heavy atom. The molecule has 1 aromatic carbocycles. The normalized spacial score (nSPS) is 11.4. The third-order valence-electron chi connectivity index (χ3n) is 1.62. The van der Waals surface area contributed by atoms with Crippen LogP contribution in [0.4, 0.5) is 0 Å². The Labute approximate surface area is 81.4 Å². The van der Waals surface area contributed by atoms with Gasteiger partial charge < -0.3 is 9.84 Å². The topological polar surface area (TPSA) is 70.3 Å². The molecule has 1 rings (SSSR count). The molecule has 4 nitrogen and oxygen atoms in total. The van der Waals surface area contributed by atoms with Crippen LogP contribution in [0.5, 0.6) is 5.75 Å². The molecule has 0 saturated heterocycles. The minimum atomic E-state index is -1.03. The summed E-state index contributed by atoms with van der Waals surface area (Å²) in [6.07, 6.45) is -0.913. The maximum Gasteiger partial charge on any atom is 0.344 e. The van der Waals surface area contributed by atoms with Crippen molar-refractivity contribution in [3.63, 3.8) is 0 Å². The summed E-state index contributed by atoms with van der Waals surface area (Å²) in [6.45, 7) is 1.43. The van der Waals surface area contributed by atoms with Crippen LogP contribution in [0.1, 0.15) is 12.5 Å². The third-order valence-corrected chi connectivity index (χ3v) is 1.62. The lowest BCUT2D eigenvalue weighted by Gasteiger charge is -2.09. The summed E-state index contributed by atoms with van der Waals surface area (Å²) in [7, 11) is 0. The van der Waals surface area contributed by atoms with E-state index < -0.39 is 12.1 Å². The average Bonchev–Trinajstić information content (AvgIpc) is 2.18. The number of hydrogen-bond acceptors (Lipinski definition) is 3. The summed E-state index contributed by atoms with van der Waals surface area (Å²) in [5.41, 5.74) is 0.445. The van der Waals surface area contributed by atoms with Gasteiger partial charge in [-0.1, -0.05) is 6.07 Å². The maximum atomic E-state index is 10.5. The van der Waals surface area contributed by atoms with Crippen molar-refractivity contribution in [2.45, 2.75) is 13.0 Å². The van der Waals surface area contributed by atoms with Gasteiger partial charge >= 0.3 is 5.97 Å². The number of carbonyl (C=O) groups is 1. The first-order valence-corrected chi connectivity index (χ1v) is 4.03. The highest BCUT2D eigenvalue weighted by molar-refractivity contribution is 5.72. The van der Waals surface area contributed by atoms with Crippen LogP contribution in [0.25, 0.3) is 0 Å². The Balaban J connectivity index is 2.78. The molecule has 0 aliphatic carbocycles. The fraction of sp³-hybridized carbons (Fsp3) is 0.200. The third kappa shape index (κ3) is 2.49. The maximum absolute atomic E-state index is 10.5. The van der Waals surface area contributed by atoms with Crippen molar-refractivity contribution in [1.29, 1.82) is 5.26 Å². The number of nitriles is 1. The summed E-state index contributed by atoms with van der Waals surface area (Å²) in [6, 6.07) is 8.32. The first kappa shape index (κ1) is 10.1. The van der Waals surface area contributed by atoms with Gasteiger partial charge in [-0.3, -0.25) is 0 Å². The molecule has 4 heteroatoms. The summed E-state index contributed by atoms with van der Waals surface area (Å²) in [5, 5.41) is 17.2. The molecule has 0 amide bonds. The molecule has 1 N–H and O–H groups in total. The van der Waals surface area contributed by atoms with Gasteiger partial charge in [0.05, 0.1) is 11.6 Å². The van der Waals surface area contributed by atoms with Gasteiger partial charge in [-0.05, 0) is 25.1 Å². The van der Waals surface area contributed by atoms with Crippen LogP contribution in [-0.2, 0) is 4.79 Å². The largest absolute Gasteiger partial charge is 0.479 e. The minimum absolute atomic E-state index is 0.388. The van der Waals surface area contributed by atoms with Crippen molar-refractivity contribution in [2.24, 2.45) is 0 Å². The molecule has 0 radical (unpaired) electrons. The van der Waals surface area contributed by atoms with Crippen LogP contribution in [0.3, 0.4) is 0 Å². The van der Waals surface area contributed by atoms with Crippen molar-refractivity contribution < 1.29 is 14.6 Å². The lowest BCUT2D eigenvalue weighted by Crippen LogP contribution is -2.22. The predicted molar refractivity (Wildman–Crippen MR) is 48.9 cm³/mol. The van der Waals surface area contributed by atoms with Crippen LogP contribution >= 0.6 is 0 Å². The van der Waals surface area contributed by atoms with E-state index in [1.807, 2.05) is 6.07 Å². The zero-order valence-electron chi connectivity index (χ0n) is 7.60. The molecule has 0 heterocycles. The van der Waals surface area contributed by atoms with Gasteiger partial charge in [0.2, 0.25) is 0 Å². The zero-order chi connectivity index (χ0) is 10.6. The molecule has 0 aromatic heterocycles. The lowest BCUT2D eigenvalue weighted by molar-refractivity contribution is -0.144. The van der Waals surface area contributed by atoms with E-state index in [-0.39, 0.29) is 0 Å². The van der Waals surface area contributed by atoms with Crippen LogP contribution in [0, 0.1) is 11.3 Å². The fourth-order valence-corrected chi connectivity index (χ4v) is 0.893. The molecule has 0 spiro atoms. The van der Waals surface area contributed by atoms with Crippen LogP contribution in [-0.4, -0.2) is 17.2 Å². The molecule has 1 atom stereocenters. The van der Waals surface area contributed by atoms with Gasteiger partial charge in [-0.15, -0.1) is 0 Å². The number of nitrogens with zero attached hydrogens (tertiary/aromatic N) is 1. The van der Waals surface area contributed by atoms with E-state index in [1.54, 1.807) is 18.2 Å². The Morgan fingerprint density at radius 2 is 2.36 bits per heavy atom. The van der Waals surface area contributed by atoms with E-state index in [9.17, 15) is 4.79 Å². The molecule has 14 heavy (non-hydrogen) atoms. The van der Waals surface area contributed by atoms with Gasteiger partial charge in [0.25, 0.3) is 0 Å². The number of hydrogen-bond donors (Lipinski definition) is 1. The second-order valence-corrected chi connectivity index (χ2v) is 2.74. The van der Waals surface area contributed by atoms with E-state index in [1.165, 1.54) is 13.0 Å². The van der Waals surface area contributed by atoms with Crippen LogP contribution in [0.2, 0.25) is 0 Å². The number of ether oxygens (including phenoxy) is 1. The first-order chi connectivity index (χ1) is 6.63. The van der Waals surface area contributed by atoms with Gasteiger partial charge in [0.1, 0.15) is 5.75 Å². The van der Waals surface area contributed by atoms with Crippen molar-refractivity contribution in [3.05, 3.63) is 29.8 Å².